The van der Waals surface area contributed by atoms with E-state index < -0.39 is 0 Å². The Balaban J connectivity index is 2.30. The maximum atomic E-state index is 13.8. The number of rotatable bonds is 4. The predicted octanol–water partition coefficient (Wildman–Crippen LogP) is 5.93. The normalized spacial score (nSPS) is 12.2. The fraction of sp³-hybridized carbons (Fsp3) is 0.200. The summed E-state index contributed by atoms with van der Waals surface area (Å²) in [4.78, 5) is -0.0682. The van der Waals surface area contributed by atoms with E-state index in [9.17, 15) is 4.39 Å². The molecular formula is C15H12Br2ClFO. The minimum Gasteiger partial charge on any atom is -0.497 e. The van der Waals surface area contributed by atoms with E-state index in [2.05, 4.69) is 31.9 Å². The zero-order chi connectivity index (χ0) is 14.7. The van der Waals surface area contributed by atoms with E-state index in [1.165, 1.54) is 6.07 Å². The lowest BCUT2D eigenvalue weighted by Crippen LogP contribution is -2.00. The monoisotopic (exact) mass is 420 g/mol. The van der Waals surface area contributed by atoms with Crippen molar-refractivity contribution in [2.75, 3.05) is 7.11 Å². The topological polar surface area (TPSA) is 9.23 Å². The predicted molar refractivity (Wildman–Crippen MR) is 87.5 cm³/mol. The molecule has 0 heterocycles. The van der Waals surface area contributed by atoms with Crippen LogP contribution in [0.25, 0.3) is 0 Å². The third-order valence-corrected chi connectivity index (χ3v) is 4.88. The molecule has 0 saturated heterocycles. The molecule has 2 aromatic rings. The third kappa shape index (κ3) is 3.54. The smallest absolute Gasteiger partial charge is 0.127 e. The van der Waals surface area contributed by atoms with Crippen molar-refractivity contribution in [1.29, 1.82) is 0 Å². The summed E-state index contributed by atoms with van der Waals surface area (Å²) in [5, 5.41) is 0.438. The van der Waals surface area contributed by atoms with Crippen LogP contribution < -0.4 is 4.74 Å². The third-order valence-electron chi connectivity index (χ3n) is 2.99. The van der Waals surface area contributed by atoms with E-state index in [0.29, 0.717) is 17.0 Å². The van der Waals surface area contributed by atoms with Crippen LogP contribution in [0.5, 0.6) is 5.75 Å². The molecule has 0 spiro atoms. The van der Waals surface area contributed by atoms with Crippen molar-refractivity contribution in [2.24, 2.45) is 0 Å². The molecule has 1 nitrogen and oxygen atoms in total. The largest absolute Gasteiger partial charge is 0.497 e. The van der Waals surface area contributed by atoms with E-state index in [-0.39, 0.29) is 10.6 Å². The van der Waals surface area contributed by atoms with E-state index in [4.69, 9.17) is 16.3 Å². The molecule has 0 fully saturated rings. The number of methoxy groups -OCH3 is 1. The lowest BCUT2D eigenvalue weighted by molar-refractivity contribution is 0.414. The standard InChI is InChI=1S/C15H12Br2ClFO/c1-20-9-5-6-12(16)10(7-9)13(17)8-11-14(18)3-2-4-15(11)19/h2-7,13H,8H2,1H3. The van der Waals surface area contributed by atoms with Crippen molar-refractivity contribution >= 4 is 43.5 Å². The van der Waals surface area contributed by atoms with Gasteiger partial charge < -0.3 is 4.74 Å². The first kappa shape index (κ1) is 15.8. The van der Waals surface area contributed by atoms with Gasteiger partial charge in [-0.25, -0.2) is 4.39 Å². The Bertz CT molecular complexity index is 599. The first-order chi connectivity index (χ1) is 9.52. The van der Waals surface area contributed by atoms with Gasteiger partial charge in [0.1, 0.15) is 11.6 Å². The number of alkyl halides is 1. The van der Waals surface area contributed by atoms with E-state index in [1.54, 1.807) is 19.2 Å². The molecule has 0 amide bonds. The SMILES string of the molecule is COc1ccc(Br)c(C(Br)Cc2c(F)cccc2Cl)c1. The van der Waals surface area contributed by atoms with Crippen LogP contribution in [-0.4, -0.2) is 7.11 Å². The average Bonchev–Trinajstić information content (AvgIpc) is 2.43. The van der Waals surface area contributed by atoms with Gasteiger partial charge in [0.25, 0.3) is 0 Å². The highest BCUT2D eigenvalue weighted by atomic mass is 79.9. The van der Waals surface area contributed by atoms with Crippen molar-refractivity contribution in [3.63, 3.8) is 0 Å². The molecule has 5 heteroatoms. The fourth-order valence-electron chi connectivity index (χ4n) is 1.91. The van der Waals surface area contributed by atoms with Crippen LogP contribution in [0.15, 0.2) is 40.9 Å². The zero-order valence-corrected chi connectivity index (χ0v) is 14.6. The van der Waals surface area contributed by atoms with Crippen LogP contribution in [0.1, 0.15) is 16.0 Å². The van der Waals surface area contributed by atoms with E-state index in [0.717, 1.165) is 15.8 Å². The first-order valence-electron chi connectivity index (χ1n) is 5.93. The van der Waals surface area contributed by atoms with Gasteiger partial charge in [-0.1, -0.05) is 49.5 Å². The maximum absolute atomic E-state index is 13.8. The summed E-state index contributed by atoms with van der Waals surface area (Å²) in [6.07, 6.45) is 0.456. The molecule has 0 aliphatic heterocycles. The van der Waals surface area contributed by atoms with Gasteiger partial charge in [0.2, 0.25) is 0 Å². The van der Waals surface area contributed by atoms with Crippen LogP contribution in [0.4, 0.5) is 4.39 Å². The summed E-state index contributed by atoms with van der Waals surface area (Å²) < 4.78 is 20.0. The molecule has 0 saturated carbocycles. The van der Waals surface area contributed by atoms with Gasteiger partial charge in [-0.2, -0.15) is 0 Å². The number of hydrogen-bond acceptors (Lipinski definition) is 1. The molecule has 0 bridgehead atoms. The van der Waals surface area contributed by atoms with Crippen molar-refractivity contribution < 1.29 is 9.13 Å². The Labute approximate surface area is 139 Å². The van der Waals surface area contributed by atoms with Crippen LogP contribution >= 0.6 is 43.5 Å². The highest BCUT2D eigenvalue weighted by molar-refractivity contribution is 9.11. The molecule has 2 rings (SSSR count). The molecule has 106 valence electrons. The Morgan fingerprint density at radius 2 is 2.05 bits per heavy atom. The van der Waals surface area contributed by atoms with Gasteiger partial charge in [0.05, 0.1) is 7.11 Å². The highest BCUT2D eigenvalue weighted by Gasteiger charge is 2.17. The molecule has 0 radical (unpaired) electrons. The second-order valence-corrected chi connectivity index (χ2v) is 6.63. The quantitative estimate of drug-likeness (QED) is 0.555. The van der Waals surface area contributed by atoms with Gasteiger partial charge >= 0.3 is 0 Å². The van der Waals surface area contributed by atoms with Crippen molar-refractivity contribution in [2.45, 2.75) is 11.2 Å². The Morgan fingerprint density at radius 1 is 1.30 bits per heavy atom. The minimum atomic E-state index is -0.291. The number of ether oxygens (including phenoxy) is 1. The summed E-state index contributed by atoms with van der Waals surface area (Å²) in [5.41, 5.74) is 1.49. The molecule has 1 unspecified atom stereocenters. The summed E-state index contributed by atoms with van der Waals surface area (Å²) in [6, 6.07) is 10.4. The minimum absolute atomic E-state index is 0.0682. The van der Waals surface area contributed by atoms with Gasteiger partial charge in [-0.15, -0.1) is 0 Å². The average molecular weight is 423 g/mol. The number of hydrogen-bond donors (Lipinski definition) is 0. The first-order valence-corrected chi connectivity index (χ1v) is 8.02. The van der Waals surface area contributed by atoms with Crippen molar-refractivity contribution in [1.82, 2.24) is 0 Å². The Kier molecular flexibility index (Phi) is 5.47. The van der Waals surface area contributed by atoms with E-state index >= 15 is 0 Å². The van der Waals surface area contributed by atoms with Crippen molar-refractivity contribution in [3.05, 3.63) is 62.8 Å². The van der Waals surface area contributed by atoms with Gasteiger partial charge in [-0.05, 0) is 42.3 Å². The number of halogens is 4. The maximum Gasteiger partial charge on any atom is 0.127 e. The highest BCUT2D eigenvalue weighted by Crippen LogP contribution is 2.36. The Hall–Kier alpha value is -0.580. The molecule has 20 heavy (non-hydrogen) atoms. The molecule has 0 N–H and O–H groups in total. The fourth-order valence-corrected chi connectivity index (χ4v) is 3.68. The molecule has 0 aliphatic carbocycles. The van der Waals surface area contributed by atoms with Gasteiger partial charge in [0.15, 0.2) is 0 Å². The molecule has 1 atom stereocenters. The summed E-state index contributed by atoms with van der Waals surface area (Å²) in [7, 11) is 1.62. The van der Waals surface area contributed by atoms with Crippen LogP contribution in [0.2, 0.25) is 5.02 Å². The van der Waals surface area contributed by atoms with Crippen LogP contribution in [-0.2, 0) is 6.42 Å². The molecule has 0 aromatic heterocycles. The number of benzene rings is 2. The summed E-state index contributed by atoms with van der Waals surface area (Å²) in [6.45, 7) is 0. The Morgan fingerprint density at radius 3 is 2.70 bits per heavy atom. The lowest BCUT2D eigenvalue weighted by Gasteiger charge is -2.15. The lowest BCUT2D eigenvalue weighted by atomic mass is 10.0. The van der Waals surface area contributed by atoms with E-state index in [1.807, 2.05) is 18.2 Å². The summed E-state index contributed by atoms with van der Waals surface area (Å²) >= 11 is 13.2. The second-order valence-electron chi connectivity index (χ2n) is 4.26. The molecule has 2 aromatic carbocycles. The van der Waals surface area contributed by atoms with Gasteiger partial charge in [0, 0.05) is 19.9 Å². The summed E-state index contributed by atoms with van der Waals surface area (Å²) in [5.74, 6) is 0.466. The zero-order valence-electron chi connectivity index (χ0n) is 10.7. The molecule has 0 aliphatic rings. The van der Waals surface area contributed by atoms with Gasteiger partial charge in [-0.3, -0.25) is 0 Å². The molecular weight excluding hydrogens is 410 g/mol. The van der Waals surface area contributed by atoms with Crippen LogP contribution in [0.3, 0.4) is 0 Å². The van der Waals surface area contributed by atoms with Crippen molar-refractivity contribution in [3.8, 4) is 5.75 Å². The second kappa shape index (κ2) is 6.92. The van der Waals surface area contributed by atoms with Crippen LogP contribution in [0, 0.1) is 5.82 Å².